The third-order valence-corrected chi connectivity index (χ3v) is 7.53. The molecule has 0 spiro atoms. The van der Waals surface area contributed by atoms with Gasteiger partial charge in [-0.05, 0) is 47.2 Å². The van der Waals surface area contributed by atoms with Gasteiger partial charge in [0.1, 0.15) is 31.9 Å². The molecule has 0 aliphatic carbocycles. The highest BCUT2D eigenvalue weighted by Crippen LogP contribution is 2.31. The van der Waals surface area contributed by atoms with E-state index in [0.717, 1.165) is 16.7 Å². The fourth-order valence-electron chi connectivity index (χ4n) is 5.15. The van der Waals surface area contributed by atoms with Crippen LogP contribution in [0, 0.1) is 0 Å². The lowest BCUT2D eigenvalue weighted by Gasteiger charge is -2.25. The summed E-state index contributed by atoms with van der Waals surface area (Å²) in [5.41, 5.74) is 3.44. The molecule has 5 rings (SSSR count). The molecule has 2 amide bonds. The monoisotopic (exact) mass is 608 g/mol. The van der Waals surface area contributed by atoms with Gasteiger partial charge in [0, 0.05) is 13.0 Å². The molecule has 4 aromatic carbocycles. The molecule has 9 nitrogen and oxygen atoms in total. The number of ether oxygens (including phenoxy) is 3. The summed E-state index contributed by atoms with van der Waals surface area (Å²) < 4.78 is 17.6. The smallest absolute Gasteiger partial charge is 0.410 e. The molecule has 0 radical (unpaired) electrons. The molecule has 0 bridgehead atoms. The van der Waals surface area contributed by atoms with Gasteiger partial charge in [-0.25, -0.2) is 9.59 Å². The number of carboxylic acids is 1. The average Bonchev–Trinajstić information content (AvgIpc) is 3.57. The van der Waals surface area contributed by atoms with Crippen LogP contribution in [-0.4, -0.2) is 46.6 Å². The molecule has 45 heavy (non-hydrogen) atoms. The minimum atomic E-state index is -1.22. The highest BCUT2D eigenvalue weighted by atomic mass is 16.6. The van der Waals surface area contributed by atoms with Crippen LogP contribution in [-0.2, 0) is 40.6 Å². The van der Waals surface area contributed by atoms with Crippen LogP contribution in [0.4, 0.5) is 4.79 Å². The number of aliphatic carboxylic acids is 1. The molecule has 0 aromatic heterocycles. The second-order valence-electron chi connectivity index (χ2n) is 10.8. The van der Waals surface area contributed by atoms with Crippen molar-refractivity contribution in [2.75, 3.05) is 6.54 Å². The largest absolute Gasteiger partial charge is 0.485 e. The first-order valence-corrected chi connectivity index (χ1v) is 14.9. The van der Waals surface area contributed by atoms with E-state index in [9.17, 15) is 19.5 Å². The van der Waals surface area contributed by atoms with Crippen molar-refractivity contribution in [3.05, 3.63) is 131 Å². The maximum absolute atomic E-state index is 13.3. The molecule has 1 aliphatic heterocycles. The van der Waals surface area contributed by atoms with Crippen molar-refractivity contribution in [2.24, 2.45) is 0 Å². The minimum Gasteiger partial charge on any atom is -0.485 e. The minimum absolute atomic E-state index is 0.00685. The molecule has 0 unspecified atom stereocenters. The van der Waals surface area contributed by atoms with Crippen molar-refractivity contribution < 1.29 is 33.7 Å². The Kier molecular flexibility index (Phi) is 10.7. The van der Waals surface area contributed by atoms with Gasteiger partial charge >= 0.3 is 12.1 Å². The van der Waals surface area contributed by atoms with Crippen molar-refractivity contribution in [1.29, 1.82) is 0 Å². The van der Waals surface area contributed by atoms with E-state index in [0.29, 0.717) is 49.7 Å². The van der Waals surface area contributed by atoms with Crippen LogP contribution in [0.5, 0.6) is 11.5 Å². The van der Waals surface area contributed by atoms with Crippen LogP contribution in [0.15, 0.2) is 109 Å². The zero-order chi connectivity index (χ0) is 31.4. The van der Waals surface area contributed by atoms with E-state index in [-0.39, 0.29) is 13.0 Å². The van der Waals surface area contributed by atoms with E-state index >= 15 is 0 Å². The summed E-state index contributed by atoms with van der Waals surface area (Å²) in [6, 6.07) is 31.9. The Bertz CT molecular complexity index is 1560. The van der Waals surface area contributed by atoms with Gasteiger partial charge in [0.05, 0.1) is 0 Å². The Balaban J connectivity index is 1.25. The fourth-order valence-corrected chi connectivity index (χ4v) is 5.15. The van der Waals surface area contributed by atoms with Gasteiger partial charge < -0.3 is 24.6 Å². The number of amides is 2. The number of carboxylic acid groups (broad SMARTS) is 1. The number of carbonyl (C=O) groups is 3. The summed E-state index contributed by atoms with van der Waals surface area (Å²) in [6.07, 6.45) is 0.439. The Labute approximate surface area is 262 Å². The Morgan fingerprint density at radius 2 is 1.29 bits per heavy atom. The second-order valence-corrected chi connectivity index (χ2v) is 10.8. The molecular formula is C36H36N2O7. The van der Waals surface area contributed by atoms with E-state index in [1.165, 1.54) is 4.90 Å². The molecule has 1 heterocycles. The summed E-state index contributed by atoms with van der Waals surface area (Å²) in [5.74, 6) is -0.730. The number of rotatable bonds is 13. The molecule has 4 aromatic rings. The molecule has 2 atom stereocenters. The van der Waals surface area contributed by atoms with Crippen molar-refractivity contribution in [3.8, 4) is 11.5 Å². The molecule has 232 valence electrons. The lowest BCUT2D eigenvalue weighted by Crippen LogP contribution is -2.51. The van der Waals surface area contributed by atoms with Gasteiger partial charge in [-0.1, -0.05) is 97.1 Å². The van der Waals surface area contributed by atoms with Crippen molar-refractivity contribution in [3.63, 3.8) is 0 Å². The number of carbonyl (C=O) groups excluding carboxylic acids is 2. The normalized spacial score (nSPS) is 14.8. The lowest BCUT2D eigenvalue weighted by atomic mass is 10.0. The third kappa shape index (κ3) is 8.86. The molecule has 1 saturated heterocycles. The van der Waals surface area contributed by atoms with E-state index in [1.807, 2.05) is 91.0 Å². The Hall–Kier alpha value is -5.31. The SMILES string of the molecule is O=C(N[C@H](Cc1ccc(OCc2ccccc2)c(OCc2ccccc2)c1)C(=O)O)[C@H]1CCCN1C(=O)OCc1ccccc1. The quantitative estimate of drug-likeness (QED) is 0.198. The summed E-state index contributed by atoms with van der Waals surface area (Å²) >= 11 is 0. The fraction of sp³-hybridized carbons (Fsp3) is 0.250. The van der Waals surface area contributed by atoms with E-state index in [1.54, 1.807) is 18.2 Å². The number of likely N-dealkylation sites (tertiary alicyclic amines) is 1. The Morgan fingerprint density at radius 3 is 1.87 bits per heavy atom. The summed E-state index contributed by atoms with van der Waals surface area (Å²) in [5, 5.41) is 12.7. The lowest BCUT2D eigenvalue weighted by molar-refractivity contribution is -0.142. The molecule has 1 aliphatic rings. The highest BCUT2D eigenvalue weighted by molar-refractivity contribution is 5.89. The van der Waals surface area contributed by atoms with Crippen LogP contribution in [0.1, 0.15) is 35.1 Å². The standard InChI is InChI=1S/C36H36N2O7/c39-34(31-17-10-20-38(31)36(42)45-25-28-15-8-3-9-16-28)37-30(35(40)41)21-29-18-19-32(43-23-26-11-4-1-5-12-26)33(22-29)44-24-27-13-6-2-7-14-27/h1-9,11-16,18-19,22,30-31H,10,17,20-21,23-25H2,(H,37,39)(H,40,41)/t30-,31-/m1/s1. The third-order valence-electron chi connectivity index (χ3n) is 7.53. The van der Waals surface area contributed by atoms with Crippen LogP contribution in [0.2, 0.25) is 0 Å². The Morgan fingerprint density at radius 1 is 0.733 bits per heavy atom. The van der Waals surface area contributed by atoms with Crippen LogP contribution < -0.4 is 14.8 Å². The maximum Gasteiger partial charge on any atom is 0.410 e. The molecule has 1 fully saturated rings. The first kappa shape index (κ1) is 31.1. The maximum atomic E-state index is 13.3. The topological polar surface area (TPSA) is 114 Å². The second kappa shape index (κ2) is 15.4. The number of nitrogens with one attached hydrogen (secondary N) is 1. The van der Waals surface area contributed by atoms with Gasteiger partial charge in [0.2, 0.25) is 5.91 Å². The summed E-state index contributed by atoms with van der Waals surface area (Å²) in [7, 11) is 0. The van der Waals surface area contributed by atoms with Gasteiger partial charge in [0.15, 0.2) is 11.5 Å². The van der Waals surface area contributed by atoms with E-state index < -0.39 is 30.1 Å². The zero-order valence-corrected chi connectivity index (χ0v) is 24.8. The van der Waals surface area contributed by atoms with Gasteiger partial charge in [-0.15, -0.1) is 0 Å². The number of benzene rings is 4. The predicted molar refractivity (Wildman–Crippen MR) is 168 cm³/mol. The number of hydrogen-bond acceptors (Lipinski definition) is 6. The van der Waals surface area contributed by atoms with Gasteiger partial charge in [-0.3, -0.25) is 9.69 Å². The van der Waals surface area contributed by atoms with Crippen molar-refractivity contribution >= 4 is 18.0 Å². The van der Waals surface area contributed by atoms with E-state index in [4.69, 9.17) is 14.2 Å². The first-order valence-electron chi connectivity index (χ1n) is 14.9. The van der Waals surface area contributed by atoms with Gasteiger partial charge in [-0.2, -0.15) is 0 Å². The molecular weight excluding hydrogens is 572 g/mol. The first-order chi connectivity index (χ1) is 22.0. The summed E-state index contributed by atoms with van der Waals surface area (Å²) in [6.45, 7) is 1.07. The van der Waals surface area contributed by atoms with Crippen molar-refractivity contribution in [2.45, 2.75) is 51.2 Å². The van der Waals surface area contributed by atoms with Crippen LogP contribution in [0.25, 0.3) is 0 Å². The molecule has 0 saturated carbocycles. The number of hydrogen-bond donors (Lipinski definition) is 2. The van der Waals surface area contributed by atoms with Crippen LogP contribution >= 0.6 is 0 Å². The van der Waals surface area contributed by atoms with Gasteiger partial charge in [0.25, 0.3) is 0 Å². The summed E-state index contributed by atoms with van der Waals surface area (Å²) in [4.78, 5) is 39.7. The average molecular weight is 609 g/mol. The highest BCUT2D eigenvalue weighted by Gasteiger charge is 2.37. The molecule has 2 N–H and O–H groups in total. The van der Waals surface area contributed by atoms with Crippen molar-refractivity contribution in [1.82, 2.24) is 10.2 Å². The predicted octanol–water partition coefficient (Wildman–Crippen LogP) is 5.76. The zero-order valence-electron chi connectivity index (χ0n) is 24.8. The van der Waals surface area contributed by atoms with E-state index in [2.05, 4.69) is 5.32 Å². The van der Waals surface area contributed by atoms with Crippen LogP contribution in [0.3, 0.4) is 0 Å². The number of nitrogens with zero attached hydrogens (tertiary/aromatic N) is 1. The molecule has 9 heteroatoms.